The second-order valence-corrected chi connectivity index (χ2v) is 5.28. The normalized spacial score (nSPS) is 10.3. The van der Waals surface area contributed by atoms with Crippen molar-refractivity contribution in [2.45, 2.75) is 6.54 Å². The molecule has 25 heavy (non-hydrogen) atoms. The Labute approximate surface area is 144 Å². The summed E-state index contributed by atoms with van der Waals surface area (Å²) in [6.45, 7) is 0.274. The molecule has 0 fully saturated rings. The summed E-state index contributed by atoms with van der Waals surface area (Å²) in [5, 5.41) is 2.79. The van der Waals surface area contributed by atoms with E-state index in [0.29, 0.717) is 5.76 Å². The quantitative estimate of drug-likeness (QED) is 0.724. The molecular formula is C19H16N2O4. The fraction of sp³-hybridized carbons (Fsp3) is 0.105. The molecular weight excluding hydrogens is 320 g/mol. The minimum Gasteiger partial charge on any atom is -0.465 e. The van der Waals surface area contributed by atoms with Crippen molar-refractivity contribution in [3.63, 3.8) is 0 Å². The van der Waals surface area contributed by atoms with Gasteiger partial charge in [-0.25, -0.2) is 4.79 Å². The summed E-state index contributed by atoms with van der Waals surface area (Å²) in [5.41, 5.74) is 2.14. The SMILES string of the molecule is COC(=O)c1ccccc1C(=O)NCc1cncc(-c2ccco2)c1. The van der Waals surface area contributed by atoms with E-state index in [4.69, 9.17) is 9.15 Å². The number of amides is 1. The topological polar surface area (TPSA) is 81.4 Å². The van der Waals surface area contributed by atoms with Gasteiger partial charge in [0.05, 0.1) is 24.5 Å². The smallest absolute Gasteiger partial charge is 0.338 e. The van der Waals surface area contributed by atoms with Crippen molar-refractivity contribution in [3.05, 3.63) is 77.8 Å². The summed E-state index contributed by atoms with van der Waals surface area (Å²) >= 11 is 0. The molecule has 3 rings (SSSR count). The molecule has 2 aromatic heterocycles. The van der Waals surface area contributed by atoms with E-state index in [9.17, 15) is 9.59 Å². The maximum absolute atomic E-state index is 12.4. The van der Waals surface area contributed by atoms with Crippen LogP contribution >= 0.6 is 0 Å². The van der Waals surface area contributed by atoms with Gasteiger partial charge in [0.25, 0.3) is 5.91 Å². The fourth-order valence-corrected chi connectivity index (χ4v) is 2.41. The van der Waals surface area contributed by atoms with Gasteiger partial charge in [-0.15, -0.1) is 0 Å². The van der Waals surface area contributed by atoms with Crippen LogP contribution in [0.2, 0.25) is 0 Å². The first kappa shape index (κ1) is 16.4. The van der Waals surface area contributed by atoms with Crippen LogP contribution in [0.3, 0.4) is 0 Å². The van der Waals surface area contributed by atoms with Gasteiger partial charge in [-0.05, 0) is 35.9 Å². The van der Waals surface area contributed by atoms with Gasteiger partial charge < -0.3 is 14.5 Å². The average molecular weight is 336 g/mol. The summed E-state index contributed by atoms with van der Waals surface area (Å²) in [7, 11) is 1.28. The first-order valence-electron chi connectivity index (χ1n) is 7.62. The molecule has 0 radical (unpaired) electrons. The third-order valence-electron chi connectivity index (χ3n) is 3.63. The Morgan fingerprint density at radius 2 is 1.92 bits per heavy atom. The molecule has 3 aromatic rings. The number of esters is 1. The van der Waals surface area contributed by atoms with E-state index in [0.717, 1.165) is 11.1 Å². The number of rotatable bonds is 5. The number of furan rings is 1. The first-order valence-corrected chi connectivity index (χ1v) is 7.62. The summed E-state index contributed by atoms with van der Waals surface area (Å²) < 4.78 is 10.1. The summed E-state index contributed by atoms with van der Waals surface area (Å²) in [6.07, 6.45) is 4.95. The van der Waals surface area contributed by atoms with Gasteiger partial charge in [0.15, 0.2) is 0 Å². The molecule has 0 bridgehead atoms. The molecule has 0 aliphatic heterocycles. The van der Waals surface area contributed by atoms with Gasteiger partial charge in [0, 0.05) is 24.5 Å². The Morgan fingerprint density at radius 1 is 1.12 bits per heavy atom. The number of pyridine rings is 1. The van der Waals surface area contributed by atoms with Crippen molar-refractivity contribution < 1.29 is 18.7 Å². The number of ether oxygens (including phenoxy) is 1. The third-order valence-corrected chi connectivity index (χ3v) is 3.63. The summed E-state index contributed by atoms with van der Waals surface area (Å²) in [6, 6.07) is 12.0. The summed E-state index contributed by atoms with van der Waals surface area (Å²) in [5.74, 6) is -0.201. The lowest BCUT2D eigenvalue weighted by molar-refractivity contribution is 0.0596. The van der Waals surface area contributed by atoms with Crippen molar-refractivity contribution >= 4 is 11.9 Å². The van der Waals surface area contributed by atoms with Crippen LogP contribution in [0, 0.1) is 0 Å². The van der Waals surface area contributed by atoms with E-state index in [1.54, 1.807) is 49.0 Å². The monoisotopic (exact) mass is 336 g/mol. The van der Waals surface area contributed by atoms with E-state index in [1.165, 1.54) is 7.11 Å². The minimum absolute atomic E-state index is 0.227. The van der Waals surface area contributed by atoms with E-state index >= 15 is 0 Å². The second-order valence-electron chi connectivity index (χ2n) is 5.28. The molecule has 1 N–H and O–H groups in total. The minimum atomic E-state index is -0.549. The molecule has 0 aliphatic rings. The van der Waals surface area contributed by atoms with E-state index in [2.05, 4.69) is 10.3 Å². The maximum Gasteiger partial charge on any atom is 0.338 e. The number of carbonyl (C=O) groups excluding carboxylic acids is 2. The lowest BCUT2D eigenvalue weighted by Crippen LogP contribution is -2.25. The number of aromatic nitrogens is 1. The highest BCUT2D eigenvalue weighted by Gasteiger charge is 2.16. The van der Waals surface area contributed by atoms with Crippen LogP contribution < -0.4 is 5.32 Å². The fourth-order valence-electron chi connectivity index (χ4n) is 2.41. The molecule has 126 valence electrons. The van der Waals surface area contributed by atoms with E-state index < -0.39 is 5.97 Å². The number of hydrogen-bond acceptors (Lipinski definition) is 5. The van der Waals surface area contributed by atoms with Gasteiger partial charge in [0.2, 0.25) is 0 Å². The predicted molar refractivity (Wildman–Crippen MR) is 90.9 cm³/mol. The zero-order valence-electron chi connectivity index (χ0n) is 13.6. The molecule has 0 saturated heterocycles. The molecule has 0 unspecified atom stereocenters. The molecule has 0 spiro atoms. The highest BCUT2D eigenvalue weighted by Crippen LogP contribution is 2.19. The van der Waals surface area contributed by atoms with Crippen LogP contribution in [-0.2, 0) is 11.3 Å². The van der Waals surface area contributed by atoms with Crippen LogP contribution in [-0.4, -0.2) is 24.0 Å². The zero-order chi connectivity index (χ0) is 17.6. The van der Waals surface area contributed by atoms with Gasteiger partial charge in [0.1, 0.15) is 5.76 Å². The van der Waals surface area contributed by atoms with Crippen LogP contribution in [0.1, 0.15) is 26.3 Å². The number of hydrogen-bond donors (Lipinski definition) is 1. The first-order chi connectivity index (χ1) is 12.2. The highest BCUT2D eigenvalue weighted by atomic mass is 16.5. The lowest BCUT2D eigenvalue weighted by atomic mass is 10.1. The van der Waals surface area contributed by atoms with Crippen molar-refractivity contribution in [2.24, 2.45) is 0 Å². The lowest BCUT2D eigenvalue weighted by Gasteiger charge is -2.09. The maximum atomic E-state index is 12.4. The molecule has 0 saturated carbocycles. The molecule has 0 atom stereocenters. The highest BCUT2D eigenvalue weighted by molar-refractivity contribution is 6.05. The molecule has 2 heterocycles. The third kappa shape index (κ3) is 3.74. The van der Waals surface area contributed by atoms with Gasteiger partial charge >= 0.3 is 5.97 Å². The number of carbonyl (C=O) groups is 2. The number of benzene rings is 1. The Bertz CT molecular complexity index is 888. The Kier molecular flexibility index (Phi) is 4.89. The largest absolute Gasteiger partial charge is 0.465 e. The van der Waals surface area contributed by atoms with Crippen LogP contribution in [0.15, 0.2) is 65.5 Å². The Hall–Kier alpha value is -3.41. The Morgan fingerprint density at radius 3 is 2.64 bits per heavy atom. The average Bonchev–Trinajstić information content (AvgIpc) is 3.20. The van der Waals surface area contributed by atoms with Gasteiger partial charge in [-0.1, -0.05) is 12.1 Å². The number of nitrogens with zero attached hydrogens (tertiary/aromatic N) is 1. The van der Waals surface area contributed by atoms with Crippen molar-refractivity contribution in [1.82, 2.24) is 10.3 Å². The standard InChI is InChI=1S/C19H16N2O4/c1-24-19(23)16-6-3-2-5-15(16)18(22)21-11-13-9-14(12-20-10-13)17-7-4-8-25-17/h2-10,12H,11H2,1H3,(H,21,22). The molecule has 1 amide bonds. The predicted octanol–water partition coefficient (Wildman–Crippen LogP) is 3.06. The zero-order valence-corrected chi connectivity index (χ0v) is 13.6. The van der Waals surface area contributed by atoms with Gasteiger partial charge in [-0.2, -0.15) is 0 Å². The van der Waals surface area contributed by atoms with Crippen molar-refractivity contribution in [1.29, 1.82) is 0 Å². The molecule has 0 aliphatic carbocycles. The number of methoxy groups -OCH3 is 1. The van der Waals surface area contributed by atoms with Crippen molar-refractivity contribution in [3.8, 4) is 11.3 Å². The summed E-state index contributed by atoms with van der Waals surface area (Å²) in [4.78, 5) is 28.3. The molecule has 6 heteroatoms. The Balaban J connectivity index is 1.73. The van der Waals surface area contributed by atoms with Crippen LogP contribution in [0.5, 0.6) is 0 Å². The van der Waals surface area contributed by atoms with Gasteiger partial charge in [-0.3, -0.25) is 9.78 Å². The van der Waals surface area contributed by atoms with Crippen molar-refractivity contribution in [2.75, 3.05) is 7.11 Å². The van der Waals surface area contributed by atoms with Crippen LogP contribution in [0.25, 0.3) is 11.3 Å². The molecule has 6 nitrogen and oxygen atoms in total. The van der Waals surface area contributed by atoms with E-state index in [1.807, 2.05) is 12.1 Å². The van der Waals surface area contributed by atoms with E-state index in [-0.39, 0.29) is 23.6 Å². The molecule has 1 aromatic carbocycles. The second kappa shape index (κ2) is 7.44. The van der Waals surface area contributed by atoms with Crippen LogP contribution in [0.4, 0.5) is 0 Å². The number of nitrogens with one attached hydrogen (secondary N) is 1.